The normalized spacial score (nSPS) is 14.9. The molecule has 1 N–H and O–H groups in total. The Kier molecular flexibility index (Phi) is 7.58. The van der Waals surface area contributed by atoms with Crippen molar-refractivity contribution in [3.05, 3.63) is 59.9 Å². The fraction of sp³-hybridized carbons (Fsp3) is 0.409. The van der Waals surface area contributed by atoms with Crippen LogP contribution in [0.2, 0.25) is 0 Å². The van der Waals surface area contributed by atoms with Crippen LogP contribution in [0.3, 0.4) is 0 Å². The van der Waals surface area contributed by atoms with Crippen molar-refractivity contribution in [2.24, 2.45) is 0 Å². The maximum atomic E-state index is 12.5. The first kappa shape index (κ1) is 20.8. The molecule has 154 valence electrons. The van der Waals surface area contributed by atoms with Gasteiger partial charge in [0.15, 0.2) is 0 Å². The van der Waals surface area contributed by atoms with Gasteiger partial charge in [-0.2, -0.15) is 0 Å². The lowest BCUT2D eigenvalue weighted by Gasteiger charge is -2.32. The Balaban J connectivity index is 1.51. The van der Waals surface area contributed by atoms with Gasteiger partial charge in [0.2, 0.25) is 0 Å². The van der Waals surface area contributed by atoms with E-state index in [1.807, 2.05) is 36.5 Å². The van der Waals surface area contributed by atoms with Crippen molar-refractivity contribution < 1.29 is 19.1 Å². The highest BCUT2D eigenvalue weighted by Gasteiger charge is 2.22. The second kappa shape index (κ2) is 10.6. The lowest BCUT2D eigenvalue weighted by Crippen LogP contribution is -2.38. The van der Waals surface area contributed by atoms with Crippen molar-refractivity contribution in [1.29, 1.82) is 0 Å². The fourth-order valence-electron chi connectivity index (χ4n) is 3.32. The Morgan fingerprint density at radius 2 is 1.90 bits per heavy atom. The standard InChI is InChI=1S/C22H27N3O4/c1-28-21(26)9-13-24-22(27)19-7-2-3-8-20(19)29-18-10-14-25(15-11-18)16-17-6-4-5-12-23-17/h2-8,12,18H,9-11,13-16H2,1H3,(H,24,27). The molecule has 0 radical (unpaired) electrons. The van der Waals surface area contributed by atoms with Crippen LogP contribution in [0.1, 0.15) is 35.3 Å². The number of hydrogen-bond donors (Lipinski definition) is 1. The average Bonchev–Trinajstić information content (AvgIpc) is 2.76. The molecule has 3 rings (SSSR count). The molecule has 1 aromatic heterocycles. The molecule has 1 aliphatic heterocycles. The number of methoxy groups -OCH3 is 1. The number of nitrogens with zero attached hydrogens (tertiary/aromatic N) is 2. The number of pyridine rings is 1. The van der Waals surface area contributed by atoms with E-state index >= 15 is 0 Å². The SMILES string of the molecule is COC(=O)CCNC(=O)c1ccccc1OC1CCN(Cc2ccccn2)CC1. The van der Waals surface area contributed by atoms with Gasteiger partial charge in [0.05, 0.1) is 24.8 Å². The van der Waals surface area contributed by atoms with Gasteiger partial charge in [0, 0.05) is 32.4 Å². The number of amides is 1. The van der Waals surface area contributed by atoms with Crippen LogP contribution in [-0.4, -0.2) is 54.6 Å². The summed E-state index contributed by atoms with van der Waals surface area (Å²) in [5, 5.41) is 2.74. The molecule has 1 amide bonds. The summed E-state index contributed by atoms with van der Waals surface area (Å²) >= 11 is 0. The number of benzene rings is 1. The molecule has 0 saturated carbocycles. The third-order valence-electron chi connectivity index (χ3n) is 4.91. The molecule has 7 heteroatoms. The Bertz CT molecular complexity index is 805. The largest absolute Gasteiger partial charge is 0.489 e. The first-order valence-electron chi connectivity index (χ1n) is 9.88. The van der Waals surface area contributed by atoms with Crippen LogP contribution in [-0.2, 0) is 16.1 Å². The van der Waals surface area contributed by atoms with Gasteiger partial charge in [-0.15, -0.1) is 0 Å². The minimum Gasteiger partial charge on any atom is -0.489 e. The van der Waals surface area contributed by atoms with Crippen LogP contribution in [0.15, 0.2) is 48.7 Å². The van der Waals surface area contributed by atoms with Gasteiger partial charge in [0.25, 0.3) is 5.91 Å². The van der Waals surface area contributed by atoms with Gasteiger partial charge < -0.3 is 14.8 Å². The van der Waals surface area contributed by atoms with Crippen LogP contribution in [0, 0.1) is 0 Å². The monoisotopic (exact) mass is 397 g/mol. The highest BCUT2D eigenvalue weighted by Crippen LogP contribution is 2.23. The van der Waals surface area contributed by atoms with Crippen LogP contribution < -0.4 is 10.1 Å². The number of carbonyl (C=O) groups is 2. The van der Waals surface area contributed by atoms with Crippen molar-refractivity contribution in [2.45, 2.75) is 31.9 Å². The van der Waals surface area contributed by atoms with Crippen LogP contribution in [0.25, 0.3) is 0 Å². The molecule has 0 spiro atoms. The third kappa shape index (κ3) is 6.29. The van der Waals surface area contributed by atoms with E-state index in [-0.39, 0.29) is 30.9 Å². The smallest absolute Gasteiger partial charge is 0.307 e. The van der Waals surface area contributed by atoms with E-state index in [1.165, 1.54) is 7.11 Å². The zero-order valence-electron chi connectivity index (χ0n) is 16.7. The van der Waals surface area contributed by atoms with E-state index in [0.717, 1.165) is 38.2 Å². The second-order valence-corrected chi connectivity index (χ2v) is 6.99. The molecular formula is C22H27N3O4. The molecule has 0 unspecified atom stereocenters. The molecule has 1 aliphatic rings. The van der Waals surface area contributed by atoms with Crippen molar-refractivity contribution in [3.8, 4) is 5.75 Å². The summed E-state index contributed by atoms with van der Waals surface area (Å²) in [6.45, 7) is 2.92. The van der Waals surface area contributed by atoms with Crippen LogP contribution in [0.4, 0.5) is 0 Å². The Morgan fingerprint density at radius 3 is 2.62 bits per heavy atom. The molecule has 1 fully saturated rings. The average molecular weight is 397 g/mol. The maximum Gasteiger partial charge on any atom is 0.307 e. The zero-order chi connectivity index (χ0) is 20.5. The second-order valence-electron chi connectivity index (χ2n) is 6.99. The third-order valence-corrected chi connectivity index (χ3v) is 4.91. The summed E-state index contributed by atoms with van der Waals surface area (Å²) in [5.41, 5.74) is 1.55. The van der Waals surface area contributed by atoms with Crippen molar-refractivity contribution in [1.82, 2.24) is 15.2 Å². The molecule has 1 saturated heterocycles. The minimum absolute atomic E-state index is 0.0685. The molecule has 0 aliphatic carbocycles. The van der Waals surface area contributed by atoms with E-state index in [0.29, 0.717) is 11.3 Å². The molecule has 2 heterocycles. The summed E-state index contributed by atoms with van der Waals surface area (Å²) in [5.74, 6) is -0.0318. The summed E-state index contributed by atoms with van der Waals surface area (Å²) in [7, 11) is 1.33. The number of esters is 1. The van der Waals surface area contributed by atoms with Crippen molar-refractivity contribution >= 4 is 11.9 Å². The summed E-state index contributed by atoms with van der Waals surface area (Å²) in [6, 6.07) is 13.2. The molecule has 1 aromatic carbocycles. The topological polar surface area (TPSA) is 80.8 Å². The summed E-state index contributed by atoms with van der Waals surface area (Å²) in [4.78, 5) is 30.4. The molecule has 29 heavy (non-hydrogen) atoms. The van der Waals surface area contributed by atoms with E-state index in [1.54, 1.807) is 12.1 Å². The molecular weight excluding hydrogens is 370 g/mol. The Morgan fingerprint density at radius 1 is 1.14 bits per heavy atom. The number of piperidine rings is 1. The summed E-state index contributed by atoms with van der Waals surface area (Å²) < 4.78 is 10.7. The van der Waals surface area contributed by atoms with E-state index < -0.39 is 0 Å². The highest BCUT2D eigenvalue weighted by molar-refractivity contribution is 5.97. The van der Waals surface area contributed by atoms with Gasteiger partial charge >= 0.3 is 5.97 Å². The predicted octanol–water partition coefficient (Wildman–Crippen LogP) is 2.42. The van der Waals surface area contributed by atoms with Gasteiger partial charge in [-0.1, -0.05) is 18.2 Å². The predicted molar refractivity (Wildman–Crippen MR) is 109 cm³/mol. The maximum absolute atomic E-state index is 12.5. The van der Waals surface area contributed by atoms with E-state index in [9.17, 15) is 9.59 Å². The first-order chi connectivity index (χ1) is 14.2. The van der Waals surface area contributed by atoms with Gasteiger partial charge in [-0.25, -0.2) is 0 Å². The minimum atomic E-state index is -0.354. The number of aromatic nitrogens is 1. The number of para-hydroxylation sites is 1. The van der Waals surface area contributed by atoms with E-state index in [4.69, 9.17) is 4.74 Å². The first-order valence-corrected chi connectivity index (χ1v) is 9.88. The van der Waals surface area contributed by atoms with Crippen molar-refractivity contribution in [3.63, 3.8) is 0 Å². The zero-order valence-corrected chi connectivity index (χ0v) is 16.7. The lowest BCUT2D eigenvalue weighted by molar-refractivity contribution is -0.140. The molecule has 0 atom stereocenters. The number of nitrogens with one attached hydrogen (secondary N) is 1. The van der Waals surface area contributed by atoms with Gasteiger partial charge in [-0.05, 0) is 37.1 Å². The quantitative estimate of drug-likeness (QED) is 0.689. The number of hydrogen-bond acceptors (Lipinski definition) is 6. The highest BCUT2D eigenvalue weighted by atomic mass is 16.5. The fourth-order valence-corrected chi connectivity index (χ4v) is 3.32. The Hall–Kier alpha value is -2.93. The van der Waals surface area contributed by atoms with Crippen LogP contribution in [0.5, 0.6) is 5.75 Å². The lowest BCUT2D eigenvalue weighted by atomic mass is 10.1. The van der Waals surface area contributed by atoms with Gasteiger partial charge in [-0.3, -0.25) is 19.5 Å². The molecule has 0 bridgehead atoms. The number of rotatable bonds is 8. The number of carbonyl (C=O) groups excluding carboxylic acids is 2. The van der Waals surface area contributed by atoms with Crippen molar-refractivity contribution in [2.75, 3.05) is 26.7 Å². The molecule has 7 nitrogen and oxygen atoms in total. The van der Waals surface area contributed by atoms with Crippen LogP contribution >= 0.6 is 0 Å². The van der Waals surface area contributed by atoms with Gasteiger partial charge in [0.1, 0.15) is 11.9 Å². The number of likely N-dealkylation sites (tertiary alicyclic amines) is 1. The number of ether oxygens (including phenoxy) is 2. The summed E-state index contributed by atoms with van der Waals surface area (Å²) in [6.07, 6.45) is 3.81. The van der Waals surface area contributed by atoms with E-state index in [2.05, 4.69) is 19.9 Å². The Labute approximate surface area is 171 Å². The molecule has 2 aromatic rings.